The first-order valence-electron chi connectivity index (χ1n) is 3.93. The number of fused-ring (bicyclic) bond motifs is 2. The molecular weight excluding hydrogens is 160 g/mol. The van der Waals surface area contributed by atoms with Crippen LogP contribution in [0.25, 0.3) is 0 Å². The van der Waals surface area contributed by atoms with Gasteiger partial charge in [0.25, 0.3) is 0 Å². The van der Waals surface area contributed by atoms with Gasteiger partial charge >= 0.3 is 0 Å². The van der Waals surface area contributed by atoms with Crippen molar-refractivity contribution >= 4 is 0 Å². The molecule has 68 valence electrons. The van der Waals surface area contributed by atoms with E-state index in [1.807, 2.05) is 0 Å². The number of aliphatic hydroxyl groups excluding tert-OH is 3. The van der Waals surface area contributed by atoms with Crippen molar-refractivity contribution in [2.24, 2.45) is 5.92 Å². The zero-order chi connectivity index (χ0) is 8.93. The Labute approximate surface area is 70.1 Å². The Bertz CT molecular complexity index is 227. The van der Waals surface area contributed by atoms with E-state index in [9.17, 15) is 10.2 Å². The van der Waals surface area contributed by atoms with Gasteiger partial charge in [0.05, 0.1) is 18.6 Å². The zero-order valence-corrected chi connectivity index (χ0v) is 6.60. The van der Waals surface area contributed by atoms with Gasteiger partial charge in [-0.05, 0) is 0 Å². The van der Waals surface area contributed by atoms with E-state index in [1.54, 1.807) is 0 Å². The molecule has 1 heterocycles. The van der Waals surface area contributed by atoms with Gasteiger partial charge in [-0.2, -0.15) is 0 Å². The van der Waals surface area contributed by atoms with Gasteiger partial charge in [0.15, 0.2) is 6.29 Å². The van der Waals surface area contributed by atoms with Gasteiger partial charge in [0.2, 0.25) is 0 Å². The van der Waals surface area contributed by atoms with E-state index < -0.39 is 23.9 Å². The van der Waals surface area contributed by atoms with Crippen molar-refractivity contribution < 1.29 is 20.1 Å². The van der Waals surface area contributed by atoms with Gasteiger partial charge in [-0.25, -0.2) is 0 Å². The van der Waals surface area contributed by atoms with Gasteiger partial charge in [-0.1, -0.05) is 12.2 Å². The molecule has 1 aliphatic carbocycles. The van der Waals surface area contributed by atoms with Crippen molar-refractivity contribution in [3.63, 3.8) is 0 Å². The van der Waals surface area contributed by atoms with Crippen LogP contribution >= 0.6 is 0 Å². The van der Waals surface area contributed by atoms with Crippen molar-refractivity contribution in [2.45, 2.75) is 24.4 Å². The average Bonchev–Trinajstić information content (AvgIpc) is 2.37. The molecule has 2 bridgehead atoms. The molecule has 1 unspecified atom stereocenters. The standard InChI is InChI=1S/C8H12O4/c1-4-2-8(3-9)6(10)5(4)7(11)12-8/h5-7,9-11H,1-3H2/t5-,6?,7+,8+/m0/s1. The number of hydrogen-bond donors (Lipinski definition) is 3. The summed E-state index contributed by atoms with van der Waals surface area (Å²) < 4.78 is 5.07. The molecule has 2 aliphatic rings. The Morgan fingerprint density at radius 3 is 2.58 bits per heavy atom. The van der Waals surface area contributed by atoms with Crippen LogP contribution in [0.2, 0.25) is 0 Å². The van der Waals surface area contributed by atoms with Gasteiger partial charge in [0, 0.05) is 6.42 Å². The fourth-order valence-electron chi connectivity index (χ4n) is 2.13. The maximum atomic E-state index is 9.61. The Kier molecular flexibility index (Phi) is 1.56. The highest BCUT2D eigenvalue weighted by Crippen LogP contribution is 2.49. The third-order valence-corrected chi connectivity index (χ3v) is 2.81. The van der Waals surface area contributed by atoms with Gasteiger partial charge in [-0.15, -0.1) is 0 Å². The molecule has 4 heteroatoms. The summed E-state index contributed by atoms with van der Waals surface area (Å²) in [6, 6.07) is 0. The van der Waals surface area contributed by atoms with Crippen molar-refractivity contribution in [1.82, 2.24) is 0 Å². The summed E-state index contributed by atoms with van der Waals surface area (Å²) >= 11 is 0. The molecule has 4 atom stereocenters. The molecule has 0 aromatic heterocycles. The molecule has 2 rings (SSSR count). The first kappa shape index (κ1) is 8.19. The van der Waals surface area contributed by atoms with Gasteiger partial charge in [-0.3, -0.25) is 0 Å². The summed E-state index contributed by atoms with van der Waals surface area (Å²) in [5.41, 5.74) is -0.225. The first-order chi connectivity index (χ1) is 5.60. The van der Waals surface area contributed by atoms with Crippen LogP contribution in [-0.4, -0.2) is 39.9 Å². The fourth-order valence-corrected chi connectivity index (χ4v) is 2.13. The Hall–Kier alpha value is -0.420. The van der Waals surface area contributed by atoms with Crippen LogP contribution in [0, 0.1) is 5.92 Å². The minimum atomic E-state index is -1.01. The van der Waals surface area contributed by atoms with Crippen LogP contribution in [0.15, 0.2) is 12.2 Å². The third-order valence-electron chi connectivity index (χ3n) is 2.81. The third kappa shape index (κ3) is 0.754. The fraction of sp³-hybridized carbons (Fsp3) is 0.750. The largest absolute Gasteiger partial charge is 0.393 e. The topological polar surface area (TPSA) is 69.9 Å². The minimum Gasteiger partial charge on any atom is -0.393 e. The summed E-state index contributed by atoms with van der Waals surface area (Å²) in [5.74, 6) is -0.419. The van der Waals surface area contributed by atoms with E-state index in [0.29, 0.717) is 6.42 Å². The van der Waals surface area contributed by atoms with Crippen LogP contribution in [0.4, 0.5) is 0 Å². The molecule has 2 fully saturated rings. The van der Waals surface area contributed by atoms with Gasteiger partial charge in [0.1, 0.15) is 5.60 Å². The molecule has 3 N–H and O–H groups in total. The first-order valence-corrected chi connectivity index (χ1v) is 3.93. The lowest BCUT2D eigenvalue weighted by atomic mass is 10.0. The van der Waals surface area contributed by atoms with E-state index in [1.165, 1.54) is 0 Å². The maximum Gasteiger partial charge on any atom is 0.164 e. The highest BCUT2D eigenvalue weighted by Gasteiger charge is 2.60. The highest BCUT2D eigenvalue weighted by molar-refractivity contribution is 5.24. The van der Waals surface area contributed by atoms with E-state index in [2.05, 4.69) is 6.58 Å². The molecular formula is C8H12O4. The molecule has 0 aromatic carbocycles. The predicted octanol–water partition coefficient (Wildman–Crippen LogP) is -0.997. The lowest BCUT2D eigenvalue weighted by molar-refractivity contribution is -0.177. The SMILES string of the molecule is C=C1C[C@]2(CO)O[C@@H](O)[C@@H]1C2O. The monoisotopic (exact) mass is 172 g/mol. The second kappa shape index (κ2) is 2.29. The Morgan fingerprint density at radius 1 is 1.58 bits per heavy atom. The van der Waals surface area contributed by atoms with E-state index in [-0.39, 0.29) is 6.61 Å². The molecule has 1 saturated heterocycles. The van der Waals surface area contributed by atoms with E-state index in [0.717, 1.165) is 5.57 Å². The molecule has 0 aromatic rings. The smallest absolute Gasteiger partial charge is 0.164 e. The normalized spacial score (nSPS) is 51.9. The number of aliphatic hydroxyl groups is 3. The van der Waals surface area contributed by atoms with Crippen LogP contribution < -0.4 is 0 Å². The molecule has 0 amide bonds. The van der Waals surface area contributed by atoms with Crippen molar-refractivity contribution in [3.05, 3.63) is 12.2 Å². The van der Waals surface area contributed by atoms with Gasteiger partial charge < -0.3 is 20.1 Å². The quantitative estimate of drug-likeness (QED) is 0.444. The summed E-state index contributed by atoms with van der Waals surface area (Å²) in [7, 11) is 0. The maximum absolute atomic E-state index is 9.61. The zero-order valence-electron chi connectivity index (χ0n) is 6.60. The molecule has 1 saturated carbocycles. The summed E-state index contributed by atoms with van der Waals surface area (Å²) in [6.07, 6.45) is -1.38. The summed E-state index contributed by atoms with van der Waals surface area (Å²) in [5, 5.41) is 27.9. The highest BCUT2D eigenvalue weighted by atomic mass is 16.6. The van der Waals surface area contributed by atoms with Crippen LogP contribution in [0.1, 0.15) is 6.42 Å². The molecule has 1 aliphatic heterocycles. The second-order valence-corrected chi connectivity index (χ2v) is 3.54. The lowest BCUT2D eigenvalue weighted by Crippen LogP contribution is -2.40. The minimum absolute atomic E-state index is 0.277. The molecule has 4 nitrogen and oxygen atoms in total. The molecule has 0 spiro atoms. The Morgan fingerprint density at radius 2 is 2.25 bits per heavy atom. The van der Waals surface area contributed by atoms with Crippen molar-refractivity contribution in [3.8, 4) is 0 Å². The molecule has 12 heavy (non-hydrogen) atoms. The van der Waals surface area contributed by atoms with Crippen molar-refractivity contribution in [1.29, 1.82) is 0 Å². The lowest BCUT2D eigenvalue weighted by Gasteiger charge is -2.27. The van der Waals surface area contributed by atoms with Crippen LogP contribution in [0.3, 0.4) is 0 Å². The second-order valence-electron chi connectivity index (χ2n) is 3.54. The van der Waals surface area contributed by atoms with Crippen molar-refractivity contribution in [2.75, 3.05) is 6.61 Å². The number of hydrogen-bond acceptors (Lipinski definition) is 4. The van der Waals surface area contributed by atoms with Crippen LogP contribution in [-0.2, 0) is 4.74 Å². The van der Waals surface area contributed by atoms with Crippen LogP contribution in [0.5, 0.6) is 0 Å². The Balaban J connectivity index is 2.34. The summed E-state index contributed by atoms with van der Waals surface area (Å²) in [6.45, 7) is 3.44. The molecule has 0 radical (unpaired) electrons. The number of ether oxygens (including phenoxy) is 1. The predicted molar refractivity (Wildman–Crippen MR) is 40.2 cm³/mol. The van der Waals surface area contributed by atoms with E-state index in [4.69, 9.17) is 9.84 Å². The number of rotatable bonds is 1. The summed E-state index contributed by atoms with van der Waals surface area (Å²) in [4.78, 5) is 0. The average molecular weight is 172 g/mol. The van der Waals surface area contributed by atoms with E-state index >= 15 is 0 Å².